The molecule has 3 atom stereocenters. The van der Waals surface area contributed by atoms with Gasteiger partial charge in [0.25, 0.3) is 5.69 Å². The van der Waals surface area contributed by atoms with Crippen molar-refractivity contribution < 1.29 is 24.3 Å². The van der Waals surface area contributed by atoms with Crippen LogP contribution in [0, 0.1) is 16.0 Å². The largest absolute Gasteiger partial charge is 0.497 e. The lowest BCUT2D eigenvalue weighted by Gasteiger charge is -2.52. The Morgan fingerprint density at radius 1 is 1.18 bits per heavy atom. The van der Waals surface area contributed by atoms with E-state index in [1.165, 1.54) is 24.3 Å². The molecule has 0 unspecified atom stereocenters. The number of methoxy groups -OCH3 is 2. The highest BCUT2D eigenvalue weighted by Gasteiger charge is 2.50. The summed E-state index contributed by atoms with van der Waals surface area (Å²) < 4.78 is 11.1. The number of non-ortho nitro benzene ring substituents is 1. The van der Waals surface area contributed by atoms with Crippen LogP contribution in [0.4, 0.5) is 11.4 Å². The highest BCUT2D eigenvalue weighted by Crippen LogP contribution is 2.51. The maximum absolute atomic E-state index is 13.0. The molecular formula is C25H31N3O6. The Kier molecular flexibility index (Phi) is 7.04. The van der Waals surface area contributed by atoms with E-state index in [-0.39, 0.29) is 30.1 Å². The Morgan fingerprint density at radius 3 is 2.62 bits per heavy atom. The van der Waals surface area contributed by atoms with Crippen molar-refractivity contribution >= 4 is 17.3 Å². The number of piperidine rings is 1. The molecule has 9 heteroatoms. The number of ether oxygens (including phenoxy) is 2. The number of carbonyl (C=O) groups excluding carboxylic acids is 1. The second-order valence-corrected chi connectivity index (χ2v) is 9.08. The van der Waals surface area contributed by atoms with Gasteiger partial charge in [-0.05, 0) is 49.6 Å². The number of benzene rings is 2. The first-order valence-corrected chi connectivity index (χ1v) is 11.6. The molecule has 0 aromatic heterocycles. The lowest BCUT2D eigenvalue weighted by atomic mass is 9.66. The Balaban J connectivity index is 1.61. The number of amides is 1. The molecule has 1 saturated heterocycles. The summed E-state index contributed by atoms with van der Waals surface area (Å²) in [5, 5.41) is 25.2. The fraction of sp³-hybridized carbons (Fsp3) is 0.480. The first-order valence-electron chi connectivity index (χ1n) is 11.6. The summed E-state index contributed by atoms with van der Waals surface area (Å²) in [5.41, 5.74) is 0.589. The van der Waals surface area contributed by atoms with Crippen LogP contribution in [0.3, 0.4) is 0 Å². The molecule has 2 fully saturated rings. The molecule has 2 aromatic rings. The lowest BCUT2D eigenvalue weighted by molar-refractivity contribution is -0.384. The third-order valence-electron chi connectivity index (χ3n) is 7.14. The van der Waals surface area contributed by atoms with Crippen molar-refractivity contribution in [3.8, 4) is 11.5 Å². The van der Waals surface area contributed by atoms with Gasteiger partial charge in [0.05, 0.1) is 31.3 Å². The van der Waals surface area contributed by atoms with Gasteiger partial charge in [-0.1, -0.05) is 12.8 Å². The first kappa shape index (κ1) is 24.0. The molecule has 2 aromatic carbocycles. The number of aliphatic hydroxyl groups is 1. The van der Waals surface area contributed by atoms with Crippen LogP contribution in [0.2, 0.25) is 0 Å². The molecule has 9 nitrogen and oxygen atoms in total. The minimum absolute atomic E-state index is 0.0317. The number of nitrogens with zero attached hydrogens (tertiary/aromatic N) is 2. The normalized spacial score (nSPS) is 24.7. The van der Waals surface area contributed by atoms with Crippen LogP contribution >= 0.6 is 0 Å². The van der Waals surface area contributed by atoms with Crippen molar-refractivity contribution in [2.45, 2.75) is 43.7 Å². The van der Waals surface area contributed by atoms with Gasteiger partial charge < -0.3 is 19.9 Å². The number of hydrogen-bond donors (Lipinski definition) is 2. The van der Waals surface area contributed by atoms with Gasteiger partial charge in [-0.3, -0.25) is 19.8 Å². The van der Waals surface area contributed by atoms with Crippen molar-refractivity contribution in [1.29, 1.82) is 0 Å². The number of fused-ring (bicyclic) bond motifs is 1. The van der Waals surface area contributed by atoms with Crippen LogP contribution in [-0.2, 0) is 4.79 Å². The Morgan fingerprint density at radius 2 is 1.94 bits per heavy atom. The Bertz CT molecular complexity index is 1040. The van der Waals surface area contributed by atoms with E-state index in [4.69, 9.17) is 9.47 Å². The van der Waals surface area contributed by atoms with Crippen molar-refractivity contribution in [2.24, 2.45) is 5.92 Å². The molecule has 182 valence electrons. The van der Waals surface area contributed by atoms with Crippen LogP contribution in [0.15, 0.2) is 42.5 Å². The van der Waals surface area contributed by atoms with Crippen molar-refractivity contribution in [2.75, 3.05) is 32.6 Å². The molecule has 1 amide bonds. The van der Waals surface area contributed by atoms with Gasteiger partial charge in [-0.25, -0.2) is 0 Å². The van der Waals surface area contributed by atoms with E-state index in [0.717, 1.165) is 31.2 Å². The van der Waals surface area contributed by atoms with Crippen LogP contribution in [0.5, 0.6) is 11.5 Å². The topological polar surface area (TPSA) is 114 Å². The first-order chi connectivity index (χ1) is 16.3. The number of likely N-dealkylation sites (tertiary alicyclic amines) is 1. The highest BCUT2D eigenvalue weighted by atomic mass is 16.6. The molecule has 0 radical (unpaired) electrons. The SMILES string of the molecule is COc1ccc(OC)c([C@@H]2[C@@H]3CCCC[C@@]3(O)CCN2CC(=O)Nc2ccc([N+](=O)[O-])cc2)c1. The summed E-state index contributed by atoms with van der Waals surface area (Å²) in [4.78, 5) is 25.5. The minimum atomic E-state index is -0.775. The smallest absolute Gasteiger partial charge is 0.269 e. The minimum Gasteiger partial charge on any atom is -0.497 e. The summed E-state index contributed by atoms with van der Waals surface area (Å²) in [6.45, 7) is 0.681. The number of rotatable bonds is 7. The maximum Gasteiger partial charge on any atom is 0.269 e. The number of hydrogen-bond acceptors (Lipinski definition) is 7. The average Bonchev–Trinajstić information content (AvgIpc) is 2.84. The van der Waals surface area contributed by atoms with Crippen LogP contribution < -0.4 is 14.8 Å². The predicted octanol–water partition coefficient (Wildman–Crippen LogP) is 3.92. The zero-order valence-corrected chi connectivity index (χ0v) is 19.5. The monoisotopic (exact) mass is 469 g/mol. The summed E-state index contributed by atoms with van der Waals surface area (Å²) in [6, 6.07) is 11.2. The predicted molar refractivity (Wildman–Crippen MR) is 127 cm³/mol. The van der Waals surface area contributed by atoms with Crippen molar-refractivity contribution in [3.63, 3.8) is 0 Å². The number of nitro benzene ring substituents is 1. The van der Waals surface area contributed by atoms with Crippen LogP contribution in [-0.4, -0.2) is 53.7 Å². The van der Waals surface area contributed by atoms with Crippen molar-refractivity contribution in [3.05, 3.63) is 58.1 Å². The van der Waals surface area contributed by atoms with Gasteiger partial charge in [0.1, 0.15) is 11.5 Å². The molecule has 4 rings (SSSR count). The highest BCUT2D eigenvalue weighted by molar-refractivity contribution is 5.92. The summed E-state index contributed by atoms with van der Waals surface area (Å²) >= 11 is 0. The molecule has 1 heterocycles. The standard InChI is InChI=1S/C25H31N3O6/c1-33-19-10-11-22(34-2)20(15-19)24-21-5-3-4-12-25(21,30)13-14-27(24)16-23(29)26-17-6-8-18(9-7-17)28(31)32/h6-11,15,21,24,30H,3-5,12-14,16H2,1-2H3,(H,26,29)/t21-,24+,25+/m0/s1. The maximum atomic E-state index is 13.0. The average molecular weight is 470 g/mol. The Labute approximate surface area is 198 Å². The van der Waals surface area contributed by atoms with Crippen LogP contribution in [0.25, 0.3) is 0 Å². The number of nitrogens with one attached hydrogen (secondary N) is 1. The molecule has 1 aliphatic carbocycles. The summed E-state index contributed by atoms with van der Waals surface area (Å²) in [5.74, 6) is 1.13. The fourth-order valence-electron chi connectivity index (χ4n) is 5.46. The second-order valence-electron chi connectivity index (χ2n) is 9.08. The molecule has 0 bridgehead atoms. The summed E-state index contributed by atoms with van der Waals surface area (Å²) in [7, 11) is 3.23. The van der Waals surface area contributed by atoms with Crippen LogP contribution in [0.1, 0.15) is 43.7 Å². The third kappa shape index (κ3) is 4.85. The zero-order chi connectivity index (χ0) is 24.3. The second kappa shape index (κ2) is 9.99. The lowest BCUT2D eigenvalue weighted by Crippen LogP contribution is -2.56. The van der Waals surface area contributed by atoms with Gasteiger partial charge in [0, 0.05) is 41.9 Å². The number of nitro groups is 1. The van der Waals surface area contributed by atoms with E-state index < -0.39 is 10.5 Å². The van der Waals surface area contributed by atoms with Crippen molar-refractivity contribution in [1.82, 2.24) is 4.90 Å². The fourth-order valence-corrected chi connectivity index (χ4v) is 5.46. The van der Waals surface area contributed by atoms with Gasteiger partial charge in [0.15, 0.2) is 0 Å². The van der Waals surface area contributed by atoms with E-state index in [1.807, 2.05) is 18.2 Å². The quantitative estimate of drug-likeness (QED) is 0.467. The summed E-state index contributed by atoms with van der Waals surface area (Å²) in [6.07, 6.45) is 4.24. The van der Waals surface area contributed by atoms with E-state index in [1.54, 1.807) is 14.2 Å². The molecular weight excluding hydrogens is 438 g/mol. The molecule has 34 heavy (non-hydrogen) atoms. The van der Waals surface area contributed by atoms with E-state index in [9.17, 15) is 20.0 Å². The Hall–Kier alpha value is -3.17. The molecule has 1 saturated carbocycles. The van der Waals surface area contributed by atoms with E-state index >= 15 is 0 Å². The third-order valence-corrected chi connectivity index (χ3v) is 7.14. The van der Waals surface area contributed by atoms with Gasteiger partial charge >= 0.3 is 0 Å². The zero-order valence-electron chi connectivity index (χ0n) is 19.5. The van der Waals surface area contributed by atoms with Gasteiger partial charge in [-0.15, -0.1) is 0 Å². The molecule has 2 aliphatic rings. The van der Waals surface area contributed by atoms with E-state index in [2.05, 4.69) is 10.2 Å². The number of anilines is 1. The van der Waals surface area contributed by atoms with Gasteiger partial charge in [-0.2, -0.15) is 0 Å². The number of carbonyl (C=O) groups is 1. The van der Waals surface area contributed by atoms with Gasteiger partial charge in [0.2, 0.25) is 5.91 Å². The van der Waals surface area contributed by atoms with E-state index in [0.29, 0.717) is 30.2 Å². The molecule has 1 aliphatic heterocycles. The molecule has 0 spiro atoms. The molecule has 2 N–H and O–H groups in total.